The third-order valence-electron chi connectivity index (χ3n) is 2.24. The Balaban J connectivity index is 2.29. The molecule has 0 saturated heterocycles. The molecule has 0 saturated carbocycles. The summed E-state index contributed by atoms with van der Waals surface area (Å²) >= 11 is 7.53. The van der Waals surface area contributed by atoms with Crippen molar-refractivity contribution < 1.29 is 0 Å². The molecule has 3 heterocycles. The van der Waals surface area contributed by atoms with E-state index in [1.54, 1.807) is 23.6 Å². The standard InChI is InChI=1S/C11H6ClN3S/c12-10-2-1-9-11(15-10)7(5-16-9)8-3-4-13-6-14-8/h1-6H. The minimum atomic E-state index is 0.501. The predicted molar refractivity (Wildman–Crippen MR) is 65.7 cm³/mol. The molecular formula is C11H6ClN3S. The summed E-state index contributed by atoms with van der Waals surface area (Å²) in [5, 5.41) is 2.54. The van der Waals surface area contributed by atoms with Crippen molar-refractivity contribution in [2.75, 3.05) is 0 Å². The molecular weight excluding hydrogens is 242 g/mol. The van der Waals surface area contributed by atoms with E-state index in [1.807, 2.05) is 17.5 Å². The lowest BCUT2D eigenvalue weighted by Gasteiger charge is -1.97. The van der Waals surface area contributed by atoms with Gasteiger partial charge in [-0.15, -0.1) is 11.3 Å². The van der Waals surface area contributed by atoms with E-state index >= 15 is 0 Å². The van der Waals surface area contributed by atoms with Crippen molar-refractivity contribution in [2.24, 2.45) is 0 Å². The van der Waals surface area contributed by atoms with Crippen LogP contribution >= 0.6 is 22.9 Å². The normalized spacial score (nSPS) is 10.8. The Morgan fingerprint density at radius 3 is 2.94 bits per heavy atom. The summed E-state index contributed by atoms with van der Waals surface area (Å²) in [5.74, 6) is 0. The summed E-state index contributed by atoms with van der Waals surface area (Å²) in [6.45, 7) is 0. The maximum Gasteiger partial charge on any atom is 0.129 e. The largest absolute Gasteiger partial charge is 0.245 e. The first-order valence-electron chi connectivity index (χ1n) is 4.65. The summed E-state index contributed by atoms with van der Waals surface area (Å²) in [4.78, 5) is 12.4. The SMILES string of the molecule is Clc1ccc2scc(-c3ccncn3)c2n1. The molecule has 0 radical (unpaired) electrons. The van der Waals surface area contributed by atoms with Gasteiger partial charge in [0.1, 0.15) is 11.5 Å². The van der Waals surface area contributed by atoms with Gasteiger partial charge in [-0.1, -0.05) is 11.6 Å². The van der Waals surface area contributed by atoms with Crippen LogP contribution in [0.3, 0.4) is 0 Å². The van der Waals surface area contributed by atoms with Crippen LogP contribution in [0.2, 0.25) is 5.15 Å². The molecule has 0 amide bonds. The number of thiophene rings is 1. The third-order valence-corrected chi connectivity index (χ3v) is 3.39. The molecule has 0 spiro atoms. The van der Waals surface area contributed by atoms with Crippen molar-refractivity contribution in [1.29, 1.82) is 0 Å². The minimum Gasteiger partial charge on any atom is -0.245 e. The number of rotatable bonds is 1. The van der Waals surface area contributed by atoms with Gasteiger partial charge >= 0.3 is 0 Å². The molecule has 5 heteroatoms. The highest BCUT2D eigenvalue weighted by molar-refractivity contribution is 7.17. The van der Waals surface area contributed by atoms with Crippen molar-refractivity contribution >= 4 is 33.2 Å². The summed E-state index contributed by atoms with van der Waals surface area (Å²) in [5.41, 5.74) is 2.78. The highest BCUT2D eigenvalue weighted by Crippen LogP contribution is 2.31. The Kier molecular flexibility index (Phi) is 2.31. The maximum absolute atomic E-state index is 5.90. The van der Waals surface area contributed by atoms with Crippen molar-refractivity contribution in [3.8, 4) is 11.3 Å². The molecule has 0 fully saturated rings. The second-order valence-electron chi connectivity index (χ2n) is 3.22. The molecule has 0 atom stereocenters. The van der Waals surface area contributed by atoms with Crippen LogP contribution in [0.1, 0.15) is 0 Å². The van der Waals surface area contributed by atoms with Crippen LogP contribution in [0.4, 0.5) is 0 Å². The van der Waals surface area contributed by atoms with Gasteiger partial charge in [-0.05, 0) is 18.2 Å². The van der Waals surface area contributed by atoms with E-state index < -0.39 is 0 Å². The van der Waals surface area contributed by atoms with Crippen LogP contribution in [-0.4, -0.2) is 15.0 Å². The highest BCUT2D eigenvalue weighted by atomic mass is 35.5. The lowest BCUT2D eigenvalue weighted by atomic mass is 10.2. The van der Waals surface area contributed by atoms with Crippen LogP contribution < -0.4 is 0 Å². The number of halogens is 1. The van der Waals surface area contributed by atoms with Gasteiger partial charge in [-0.2, -0.15) is 0 Å². The molecule has 3 aromatic rings. The minimum absolute atomic E-state index is 0.501. The fourth-order valence-corrected chi connectivity index (χ4v) is 2.56. The zero-order valence-corrected chi connectivity index (χ0v) is 9.66. The van der Waals surface area contributed by atoms with Gasteiger partial charge in [0.25, 0.3) is 0 Å². The number of hydrogen-bond acceptors (Lipinski definition) is 4. The number of pyridine rings is 1. The molecule has 0 aromatic carbocycles. The predicted octanol–water partition coefficient (Wildman–Crippen LogP) is 3.41. The van der Waals surface area contributed by atoms with Crippen molar-refractivity contribution in [3.63, 3.8) is 0 Å². The van der Waals surface area contributed by atoms with E-state index in [1.165, 1.54) is 6.33 Å². The molecule has 0 N–H and O–H groups in total. The van der Waals surface area contributed by atoms with Crippen molar-refractivity contribution in [2.45, 2.75) is 0 Å². The van der Waals surface area contributed by atoms with E-state index in [0.717, 1.165) is 21.5 Å². The van der Waals surface area contributed by atoms with Gasteiger partial charge in [0.15, 0.2) is 0 Å². The summed E-state index contributed by atoms with van der Waals surface area (Å²) in [7, 11) is 0. The van der Waals surface area contributed by atoms with E-state index in [4.69, 9.17) is 11.6 Å². The van der Waals surface area contributed by atoms with Gasteiger partial charge in [0.2, 0.25) is 0 Å². The van der Waals surface area contributed by atoms with Crippen molar-refractivity contribution in [3.05, 3.63) is 41.3 Å². The monoisotopic (exact) mass is 247 g/mol. The van der Waals surface area contributed by atoms with E-state index in [-0.39, 0.29) is 0 Å². The molecule has 16 heavy (non-hydrogen) atoms. The molecule has 0 bridgehead atoms. The molecule has 78 valence electrons. The highest BCUT2D eigenvalue weighted by Gasteiger charge is 2.08. The zero-order chi connectivity index (χ0) is 11.0. The Morgan fingerprint density at radius 2 is 2.12 bits per heavy atom. The fourth-order valence-electron chi connectivity index (χ4n) is 1.52. The molecule has 0 unspecified atom stereocenters. The lowest BCUT2D eigenvalue weighted by molar-refractivity contribution is 1.17. The summed E-state index contributed by atoms with van der Waals surface area (Å²) < 4.78 is 1.11. The Labute approximate surface area is 101 Å². The van der Waals surface area contributed by atoms with E-state index in [9.17, 15) is 0 Å². The number of aromatic nitrogens is 3. The number of fused-ring (bicyclic) bond motifs is 1. The quantitative estimate of drug-likeness (QED) is 0.619. The van der Waals surface area contributed by atoms with E-state index in [0.29, 0.717) is 5.15 Å². The zero-order valence-electron chi connectivity index (χ0n) is 8.09. The van der Waals surface area contributed by atoms with E-state index in [2.05, 4.69) is 15.0 Å². The fraction of sp³-hybridized carbons (Fsp3) is 0. The number of nitrogens with zero attached hydrogens (tertiary/aromatic N) is 3. The molecule has 3 rings (SSSR count). The molecule has 3 aromatic heterocycles. The first-order valence-corrected chi connectivity index (χ1v) is 5.90. The van der Waals surface area contributed by atoms with Crippen LogP contribution in [-0.2, 0) is 0 Å². The Hall–Kier alpha value is -1.52. The summed E-state index contributed by atoms with van der Waals surface area (Å²) in [6, 6.07) is 5.63. The maximum atomic E-state index is 5.90. The number of hydrogen-bond donors (Lipinski definition) is 0. The van der Waals surface area contributed by atoms with Crippen LogP contribution in [0.15, 0.2) is 36.1 Å². The molecule has 3 nitrogen and oxygen atoms in total. The lowest BCUT2D eigenvalue weighted by Crippen LogP contribution is -1.84. The Morgan fingerprint density at radius 1 is 1.19 bits per heavy atom. The second-order valence-corrected chi connectivity index (χ2v) is 4.52. The smallest absolute Gasteiger partial charge is 0.129 e. The third kappa shape index (κ3) is 1.56. The molecule has 0 aliphatic rings. The van der Waals surface area contributed by atoms with Gasteiger partial charge < -0.3 is 0 Å². The van der Waals surface area contributed by atoms with Gasteiger partial charge in [0.05, 0.1) is 15.9 Å². The van der Waals surface area contributed by atoms with Crippen molar-refractivity contribution in [1.82, 2.24) is 15.0 Å². The average molecular weight is 248 g/mol. The second kappa shape index (κ2) is 3.81. The average Bonchev–Trinajstić information content (AvgIpc) is 2.73. The topological polar surface area (TPSA) is 38.7 Å². The van der Waals surface area contributed by atoms with Crippen LogP contribution in [0.25, 0.3) is 21.5 Å². The first kappa shape index (κ1) is 9.69. The Bertz CT molecular complexity index is 636. The van der Waals surface area contributed by atoms with Gasteiger partial charge in [-0.3, -0.25) is 0 Å². The van der Waals surface area contributed by atoms with Crippen LogP contribution in [0, 0.1) is 0 Å². The first-order chi connectivity index (χ1) is 7.84. The van der Waals surface area contributed by atoms with Gasteiger partial charge in [-0.25, -0.2) is 15.0 Å². The van der Waals surface area contributed by atoms with Gasteiger partial charge in [0, 0.05) is 17.1 Å². The summed E-state index contributed by atoms with van der Waals surface area (Å²) in [6.07, 6.45) is 3.25. The molecule has 0 aliphatic carbocycles. The molecule has 0 aliphatic heterocycles. The van der Waals surface area contributed by atoms with Crippen LogP contribution in [0.5, 0.6) is 0 Å².